The number of carbonyl (C=O) groups excluding carboxylic acids is 1. The molecule has 1 rings (SSSR count). The molecule has 4 nitrogen and oxygen atoms in total. The fourth-order valence-corrected chi connectivity index (χ4v) is 3.67. The van der Waals surface area contributed by atoms with Gasteiger partial charge in [0.15, 0.2) is 0 Å². The summed E-state index contributed by atoms with van der Waals surface area (Å²) in [6.45, 7) is 4.83. The zero-order valence-electron chi connectivity index (χ0n) is 12.9. The average molecular weight is 312 g/mol. The maximum atomic E-state index is 13.0. The molecule has 0 aliphatic rings. The van der Waals surface area contributed by atoms with Crippen molar-refractivity contribution in [3.63, 3.8) is 0 Å². The molecule has 0 amide bonds. The molecule has 21 heavy (non-hydrogen) atoms. The van der Waals surface area contributed by atoms with Crippen LogP contribution >= 0.6 is 7.37 Å². The molecule has 0 aliphatic carbocycles. The van der Waals surface area contributed by atoms with Crippen LogP contribution in [-0.4, -0.2) is 25.3 Å². The SMILES string of the molecule is CCCCOC(=O)C[P@@](=O)(OCCCC)c1ccccc1. The molecule has 1 atom stereocenters. The second kappa shape index (κ2) is 9.75. The standard InChI is InChI=1S/C16H25O4P/c1-3-5-12-19-16(17)14-21(18,20-13-6-4-2)15-10-8-7-9-11-15/h7-11H,3-6,12-14H2,1-2H3/t21-/m1/s1. The van der Waals surface area contributed by atoms with Crippen LogP contribution in [0.1, 0.15) is 39.5 Å². The Morgan fingerprint density at radius 2 is 1.67 bits per heavy atom. The minimum absolute atomic E-state index is 0.190. The van der Waals surface area contributed by atoms with E-state index in [1.54, 1.807) is 24.3 Å². The summed E-state index contributed by atoms with van der Waals surface area (Å²) in [5.74, 6) is -0.452. The van der Waals surface area contributed by atoms with Gasteiger partial charge in [-0.1, -0.05) is 44.9 Å². The largest absolute Gasteiger partial charge is 0.465 e. The first kappa shape index (κ1) is 17.9. The van der Waals surface area contributed by atoms with Gasteiger partial charge in [0.2, 0.25) is 7.37 Å². The van der Waals surface area contributed by atoms with Gasteiger partial charge in [-0.3, -0.25) is 9.36 Å². The van der Waals surface area contributed by atoms with E-state index >= 15 is 0 Å². The molecule has 0 aliphatic heterocycles. The number of ether oxygens (including phenoxy) is 1. The molecule has 0 saturated carbocycles. The summed E-state index contributed by atoms with van der Waals surface area (Å²) in [6, 6.07) is 8.93. The number of carbonyl (C=O) groups is 1. The first-order chi connectivity index (χ1) is 10.1. The lowest BCUT2D eigenvalue weighted by Gasteiger charge is -2.18. The molecular formula is C16H25O4P. The van der Waals surface area contributed by atoms with Gasteiger partial charge in [0.25, 0.3) is 0 Å². The zero-order valence-corrected chi connectivity index (χ0v) is 13.8. The molecule has 5 heteroatoms. The van der Waals surface area contributed by atoms with E-state index in [4.69, 9.17) is 9.26 Å². The Morgan fingerprint density at radius 3 is 2.29 bits per heavy atom. The van der Waals surface area contributed by atoms with Crippen molar-refractivity contribution in [2.24, 2.45) is 0 Å². The Bertz CT molecular complexity index is 459. The van der Waals surface area contributed by atoms with E-state index < -0.39 is 13.3 Å². The first-order valence-electron chi connectivity index (χ1n) is 7.57. The number of hydrogen-bond acceptors (Lipinski definition) is 4. The lowest BCUT2D eigenvalue weighted by atomic mass is 10.4. The third kappa shape index (κ3) is 6.45. The van der Waals surface area contributed by atoms with Gasteiger partial charge >= 0.3 is 5.97 Å². The molecule has 0 N–H and O–H groups in total. The minimum atomic E-state index is -3.18. The molecule has 0 saturated heterocycles. The summed E-state index contributed by atoms with van der Waals surface area (Å²) in [5.41, 5.74) is 0. The van der Waals surface area contributed by atoms with Gasteiger partial charge in [-0.05, 0) is 25.0 Å². The number of hydrogen-bond donors (Lipinski definition) is 0. The lowest BCUT2D eigenvalue weighted by Crippen LogP contribution is -2.19. The van der Waals surface area contributed by atoms with Crippen LogP contribution in [0.15, 0.2) is 30.3 Å². The van der Waals surface area contributed by atoms with Crippen LogP contribution in [-0.2, 0) is 18.6 Å². The van der Waals surface area contributed by atoms with Crippen molar-refractivity contribution in [3.05, 3.63) is 30.3 Å². The van der Waals surface area contributed by atoms with Gasteiger partial charge < -0.3 is 9.26 Å². The van der Waals surface area contributed by atoms with Crippen molar-refractivity contribution in [1.29, 1.82) is 0 Å². The molecule has 0 heterocycles. The van der Waals surface area contributed by atoms with Crippen LogP contribution in [0.5, 0.6) is 0 Å². The Morgan fingerprint density at radius 1 is 1.05 bits per heavy atom. The van der Waals surface area contributed by atoms with E-state index in [2.05, 4.69) is 0 Å². The Kier molecular flexibility index (Phi) is 8.33. The lowest BCUT2D eigenvalue weighted by molar-refractivity contribution is -0.140. The van der Waals surface area contributed by atoms with Crippen LogP contribution in [0, 0.1) is 0 Å². The van der Waals surface area contributed by atoms with E-state index in [1.807, 2.05) is 19.9 Å². The molecule has 0 fully saturated rings. The van der Waals surface area contributed by atoms with Crippen molar-refractivity contribution in [3.8, 4) is 0 Å². The highest BCUT2D eigenvalue weighted by Crippen LogP contribution is 2.45. The highest BCUT2D eigenvalue weighted by molar-refractivity contribution is 7.67. The molecular weight excluding hydrogens is 287 g/mol. The fourth-order valence-electron chi connectivity index (χ4n) is 1.77. The zero-order chi connectivity index (χ0) is 15.6. The minimum Gasteiger partial charge on any atom is -0.465 e. The van der Waals surface area contributed by atoms with Gasteiger partial charge in [0.05, 0.1) is 13.2 Å². The fraction of sp³-hybridized carbons (Fsp3) is 0.562. The van der Waals surface area contributed by atoms with Gasteiger partial charge in [0.1, 0.15) is 6.16 Å². The van der Waals surface area contributed by atoms with Crippen molar-refractivity contribution in [2.45, 2.75) is 39.5 Å². The van der Waals surface area contributed by atoms with Crippen LogP contribution in [0.25, 0.3) is 0 Å². The van der Waals surface area contributed by atoms with E-state index in [1.165, 1.54) is 0 Å². The van der Waals surface area contributed by atoms with E-state index in [0.717, 1.165) is 25.7 Å². The summed E-state index contributed by atoms with van der Waals surface area (Å²) in [7, 11) is -3.18. The first-order valence-corrected chi connectivity index (χ1v) is 9.38. The predicted octanol–water partition coefficient (Wildman–Crippen LogP) is 3.75. The van der Waals surface area contributed by atoms with Crippen molar-refractivity contribution >= 4 is 18.6 Å². The maximum absolute atomic E-state index is 13.0. The summed E-state index contributed by atoms with van der Waals surface area (Å²) >= 11 is 0. The highest BCUT2D eigenvalue weighted by Gasteiger charge is 2.30. The van der Waals surface area contributed by atoms with E-state index in [-0.39, 0.29) is 6.16 Å². The summed E-state index contributed by atoms with van der Waals surface area (Å²) in [5, 5.41) is 0.577. The van der Waals surface area contributed by atoms with Gasteiger partial charge in [-0.2, -0.15) is 0 Å². The van der Waals surface area contributed by atoms with Crippen LogP contribution in [0.4, 0.5) is 0 Å². The molecule has 0 bridgehead atoms. The quantitative estimate of drug-likeness (QED) is 0.375. The van der Waals surface area contributed by atoms with Crippen LogP contribution in [0.3, 0.4) is 0 Å². The normalized spacial score (nSPS) is 13.6. The topological polar surface area (TPSA) is 52.6 Å². The van der Waals surface area contributed by atoms with Crippen molar-refractivity contribution < 1.29 is 18.6 Å². The molecule has 118 valence electrons. The number of rotatable bonds is 10. The Hall–Kier alpha value is -1.12. The third-order valence-electron chi connectivity index (χ3n) is 3.05. The molecule has 0 aromatic heterocycles. The van der Waals surface area contributed by atoms with Crippen molar-refractivity contribution in [1.82, 2.24) is 0 Å². The molecule has 1 aromatic carbocycles. The second-order valence-corrected chi connectivity index (χ2v) is 7.37. The Balaban J connectivity index is 2.73. The van der Waals surface area contributed by atoms with E-state index in [0.29, 0.717) is 18.5 Å². The number of benzene rings is 1. The van der Waals surface area contributed by atoms with Crippen LogP contribution in [0.2, 0.25) is 0 Å². The molecule has 1 aromatic rings. The Labute approximate surface area is 127 Å². The van der Waals surface area contributed by atoms with E-state index in [9.17, 15) is 9.36 Å². The van der Waals surface area contributed by atoms with Gasteiger partial charge in [-0.25, -0.2) is 0 Å². The molecule has 0 radical (unpaired) electrons. The average Bonchev–Trinajstić information content (AvgIpc) is 2.48. The maximum Gasteiger partial charge on any atom is 0.315 e. The van der Waals surface area contributed by atoms with Crippen molar-refractivity contribution in [2.75, 3.05) is 19.4 Å². The highest BCUT2D eigenvalue weighted by atomic mass is 31.2. The summed E-state index contributed by atoms with van der Waals surface area (Å²) in [4.78, 5) is 11.9. The van der Waals surface area contributed by atoms with Gasteiger partial charge in [-0.15, -0.1) is 0 Å². The number of esters is 1. The molecule has 0 unspecified atom stereocenters. The smallest absolute Gasteiger partial charge is 0.315 e. The third-order valence-corrected chi connectivity index (χ3v) is 5.40. The summed E-state index contributed by atoms with van der Waals surface area (Å²) in [6.07, 6.45) is 3.36. The number of unbranched alkanes of at least 4 members (excludes halogenated alkanes) is 2. The predicted molar refractivity (Wildman–Crippen MR) is 85.3 cm³/mol. The van der Waals surface area contributed by atoms with Gasteiger partial charge in [0, 0.05) is 5.30 Å². The molecule has 0 spiro atoms. The second-order valence-electron chi connectivity index (χ2n) is 4.93. The summed E-state index contributed by atoms with van der Waals surface area (Å²) < 4.78 is 23.7. The monoisotopic (exact) mass is 312 g/mol. The van der Waals surface area contributed by atoms with Crippen LogP contribution < -0.4 is 5.30 Å².